The molecule has 0 bridgehead atoms. The molecule has 126 valence electrons. The Morgan fingerprint density at radius 2 is 2.00 bits per heavy atom. The molecule has 2 rings (SSSR count). The second-order valence-corrected chi connectivity index (χ2v) is 5.08. The van der Waals surface area contributed by atoms with Gasteiger partial charge in [0.2, 0.25) is 0 Å². The predicted molar refractivity (Wildman–Crippen MR) is 90.2 cm³/mol. The van der Waals surface area contributed by atoms with Gasteiger partial charge in [0.05, 0.1) is 29.2 Å². The number of hydrogen-bond donors (Lipinski definition) is 1. The number of nitro groups is 1. The van der Waals surface area contributed by atoms with Gasteiger partial charge >= 0.3 is 0 Å². The zero-order valence-electron chi connectivity index (χ0n) is 13.0. The van der Waals surface area contributed by atoms with Crippen molar-refractivity contribution in [3.8, 4) is 11.5 Å². The van der Waals surface area contributed by atoms with Gasteiger partial charge < -0.3 is 14.8 Å². The third kappa shape index (κ3) is 3.94. The Labute approximate surface area is 143 Å². The number of benzene rings is 2. The second-order valence-electron chi connectivity index (χ2n) is 4.67. The Balaban J connectivity index is 2.22. The summed E-state index contributed by atoms with van der Waals surface area (Å²) in [5.41, 5.74) is 0.434. The van der Waals surface area contributed by atoms with Gasteiger partial charge in [-0.05, 0) is 25.1 Å². The third-order valence-electron chi connectivity index (χ3n) is 3.13. The molecule has 1 amide bonds. The number of hydrogen-bond acceptors (Lipinski definition) is 5. The molecule has 0 spiro atoms. The first kappa shape index (κ1) is 17.6. The summed E-state index contributed by atoms with van der Waals surface area (Å²) in [7, 11) is 1.50. The molecule has 0 aromatic heterocycles. The fourth-order valence-corrected chi connectivity index (χ4v) is 2.28. The van der Waals surface area contributed by atoms with Crippen molar-refractivity contribution in [2.24, 2.45) is 0 Å². The van der Waals surface area contributed by atoms with E-state index in [4.69, 9.17) is 21.1 Å². The summed E-state index contributed by atoms with van der Waals surface area (Å²) in [5, 5.41) is 13.4. The number of amides is 1. The van der Waals surface area contributed by atoms with Crippen molar-refractivity contribution in [1.82, 2.24) is 0 Å². The van der Waals surface area contributed by atoms with Crippen LogP contribution in [0.4, 0.5) is 11.4 Å². The molecule has 8 heteroatoms. The number of non-ortho nitro benzene ring substituents is 1. The van der Waals surface area contributed by atoms with Crippen LogP contribution in [0, 0.1) is 10.1 Å². The number of halogens is 1. The van der Waals surface area contributed by atoms with Crippen LogP contribution in [0.1, 0.15) is 17.3 Å². The summed E-state index contributed by atoms with van der Waals surface area (Å²) in [6, 6.07) is 8.61. The minimum atomic E-state index is -0.578. The van der Waals surface area contributed by atoms with Crippen molar-refractivity contribution in [3.63, 3.8) is 0 Å². The van der Waals surface area contributed by atoms with Gasteiger partial charge in [-0.1, -0.05) is 11.6 Å². The Morgan fingerprint density at radius 1 is 1.25 bits per heavy atom. The zero-order chi connectivity index (χ0) is 17.7. The maximum absolute atomic E-state index is 12.3. The topological polar surface area (TPSA) is 90.7 Å². The van der Waals surface area contributed by atoms with Crippen molar-refractivity contribution < 1.29 is 19.2 Å². The van der Waals surface area contributed by atoms with Gasteiger partial charge in [-0.25, -0.2) is 0 Å². The normalized spacial score (nSPS) is 10.1. The maximum atomic E-state index is 12.3. The number of rotatable bonds is 6. The Kier molecular flexibility index (Phi) is 5.59. The van der Waals surface area contributed by atoms with E-state index in [2.05, 4.69) is 5.32 Å². The third-order valence-corrected chi connectivity index (χ3v) is 3.44. The molecule has 0 unspecified atom stereocenters. The lowest BCUT2D eigenvalue weighted by atomic mass is 10.2. The summed E-state index contributed by atoms with van der Waals surface area (Å²) in [5.74, 6) is 0.553. The van der Waals surface area contributed by atoms with E-state index in [1.165, 1.54) is 19.2 Å². The van der Waals surface area contributed by atoms with Crippen LogP contribution in [0.15, 0.2) is 36.4 Å². The molecule has 0 heterocycles. The number of anilines is 1. The molecule has 0 aliphatic carbocycles. The molecule has 0 fully saturated rings. The van der Waals surface area contributed by atoms with E-state index in [9.17, 15) is 14.9 Å². The highest BCUT2D eigenvalue weighted by Crippen LogP contribution is 2.31. The van der Waals surface area contributed by atoms with Gasteiger partial charge in [0, 0.05) is 23.9 Å². The quantitative estimate of drug-likeness (QED) is 0.630. The van der Waals surface area contributed by atoms with E-state index >= 15 is 0 Å². The van der Waals surface area contributed by atoms with Crippen molar-refractivity contribution >= 4 is 28.9 Å². The van der Waals surface area contributed by atoms with Crippen molar-refractivity contribution in [2.45, 2.75) is 6.92 Å². The van der Waals surface area contributed by atoms with Crippen molar-refractivity contribution in [3.05, 3.63) is 57.1 Å². The summed E-state index contributed by atoms with van der Waals surface area (Å²) in [6.45, 7) is 2.34. The molecule has 0 radical (unpaired) electrons. The molecule has 0 atom stereocenters. The maximum Gasteiger partial charge on any atom is 0.270 e. The molecule has 7 nitrogen and oxygen atoms in total. The lowest BCUT2D eigenvalue weighted by molar-refractivity contribution is -0.384. The molecular weight excluding hydrogens is 336 g/mol. The smallest absolute Gasteiger partial charge is 0.270 e. The molecule has 0 saturated carbocycles. The highest BCUT2D eigenvalue weighted by molar-refractivity contribution is 6.34. The van der Waals surface area contributed by atoms with Crippen LogP contribution in [-0.2, 0) is 0 Å². The first-order valence-corrected chi connectivity index (χ1v) is 7.40. The van der Waals surface area contributed by atoms with E-state index in [1.54, 1.807) is 18.2 Å². The van der Waals surface area contributed by atoms with Crippen LogP contribution in [-0.4, -0.2) is 24.5 Å². The molecule has 2 aromatic rings. The minimum absolute atomic E-state index is 0.000369. The van der Waals surface area contributed by atoms with Crippen LogP contribution in [0.25, 0.3) is 0 Å². The monoisotopic (exact) mass is 350 g/mol. The van der Waals surface area contributed by atoms with E-state index in [1.807, 2.05) is 6.92 Å². The lowest BCUT2D eigenvalue weighted by Crippen LogP contribution is -2.12. The summed E-state index contributed by atoms with van der Waals surface area (Å²) in [4.78, 5) is 22.4. The van der Waals surface area contributed by atoms with E-state index in [0.29, 0.717) is 23.8 Å². The fraction of sp³-hybridized carbons (Fsp3) is 0.188. The highest BCUT2D eigenvalue weighted by Gasteiger charge is 2.16. The molecule has 2 aromatic carbocycles. The van der Waals surface area contributed by atoms with Crippen molar-refractivity contribution in [2.75, 3.05) is 19.0 Å². The SMILES string of the molecule is CCOc1ccc(NC(=O)c2ccc([N+](=O)[O-])cc2Cl)cc1OC. The zero-order valence-corrected chi connectivity index (χ0v) is 13.8. The summed E-state index contributed by atoms with van der Waals surface area (Å²) >= 11 is 5.95. The van der Waals surface area contributed by atoms with Gasteiger partial charge in [-0.2, -0.15) is 0 Å². The Bertz CT molecular complexity index is 779. The van der Waals surface area contributed by atoms with Crippen LogP contribution in [0.3, 0.4) is 0 Å². The number of nitrogens with zero attached hydrogens (tertiary/aromatic N) is 1. The van der Waals surface area contributed by atoms with Crippen LogP contribution in [0.5, 0.6) is 11.5 Å². The number of nitrogens with one attached hydrogen (secondary N) is 1. The second kappa shape index (κ2) is 7.65. The van der Waals surface area contributed by atoms with Crippen LogP contribution < -0.4 is 14.8 Å². The summed E-state index contributed by atoms with van der Waals surface area (Å²) in [6.07, 6.45) is 0. The van der Waals surface area contributed by atoms with Gasteiger partial charge in [-0.3, -0.25) is 14.9 Å². The van der Waals surface area contributed by atoms with E-state index in [-0.39, 0.29) is 16.3 Å². The molecule has 1 N–H and O–H groups in total. The number of methoxy groups -OCH3 is 1. The molecule has 0 aliphatic heterocycles. The predicted octanol–water partition coefficient (Wildman–Crippen LogP) is 3.91. The number of ether oxygens (including phenoxy) is 2. The number of carbonyl (C=O) groups is 1. The van der Waals surface area contributed by atoms with Crippen molar-refractivity contribution in [1.29, 1.82) is 0 Å². The van der Waals surface area contributed by atoms with E-state index < -0.39 is 10.8 Å². The average Bonchev–Trinajstić information content (AvgIpc) is 2.56. The Morgan fingerprint density at radius 3 is 2.58 bits per heavy atom. The lowest BCUT2D eigenvalue weighted by Gasteiger charge is -2.12. The molecule has 0 saturated heterocycles. The fourth-order valence-electron chi connectivity index (χ4n) is 2.02. The standard InChI is InChI=1S/C16H15ClN2O5/c1-3-24-14-7-4-10(8-15(14)23-2)18-16(20)12-6-5-11(19(21)22)9-13(12)17/h4-9H,3H2,1-2H3,(H,18,20). The van der Waals surface area contributed by atoms with Gasteiger partial charge in [0.1, 0.15) is 0 Å². The van der Waals surface area contributed by atoms with E-state index in [0.717, 1.165) is 6.07 Å². The largest absolute Gasteiger partial charge is 0.493 e. The Hall–Kier alpha value is -2.80. The highest BCUT2D eigenvalue weighted by atomic mass is 35.5. The van der Waals surface area contributed by atoms with Gasteiger partial charge in [0.25, 0.3) is 11.6 Å². The van der Waals surface area contributed by atoms with Crippen LogP contribution in [0.2, 0.25) is 5.02 Å². The van der Waals surface area contributed by atoms with Gasteiger partial charge in [-0.15, -0.1) is 0 Å². The molecule has 24 heavy (non-hydrogen) atoms. The first-order chi connectivity index (χ1) is 11.5. The summed E-state index contributed by atoms with van der Waals surface area (Å²) < 4.78 is 10.6. The van der Waals surface area contributed by atoms with Gasteiger partial charge in [0.15, 0.2) is 11.5 Å². The van der Waals surface area contributed by atoms with Crippen LogP contribution >= 0.6 is 11.6 Å². The average molecular weight is 351 g/mol. The minimum Gasteiger partial charge on any atom is -0.493 e. The first-order valence-electron chi connectivity index (χ1n) is 7.02. The number of nitro benzene ring substituents is 1. The molecule has 0 aliphatic rings. The molecular formula is C16H15ClN2O5. The number of carbonyl (C=O) groups excluding carboxylic acids is 1.